The van der Waals surface area contributed by atoms with Crippen LogP contribution >= 0.6 is 11.8 Å². The molecule has 0 aliphatic carbocycles. The summed E-state index contributed by atoms with van der Waals surface area (Å²) >= 11 is 5.15. The van der Waals surface area contributed by atoms with E-state index in [4.69, 9.17) is 16.5 Å². The van der Waals surface area contributed by atoms with Crippen LogP contribution in [0.1, 0.15) is 13.8 Å². The summed E-state index contributed by atoms with van der Waals surface area (Å²) in [5.74, 6) is 0. The van der Waals surface area contributed by atoms with Crippen molar-refractivity contribution < 1.29 is 4.74 Å². The fourth-order valence-electron chi connectivity index (χ4n) is 0.333. The highest BCUT2D eigenvalue weighted by Gasteiger charge is 1.89. The van der Waals surface area contributed by atoms with Crippen molar-refractivity contribution in [2.45, 2.75) is 20.0 Å². The molecule has 8 heavy (non-hydrogen) atoms. The molecular weight excluding hydrogens is 126 g/mol. The average molecular weight is 138 g/mol. The van der Waals surface area contributed by atoms with E-state index in [-0.39, 0.29) is 0 Å². The van der Waals surface area contributed by atoms with E-state index >= 15 is 0 Å². The predicted octanol–water partition coefficient (Wildman–Crippen LogP) is 1.15. The van der Waals surface area contributed by atoms with Crippen molar-refractivity contribution in [3.63, 3.8) is 0 Å². The molecule has 0 saturated heterocycles. The SMILES string of the molecule is CC(C)OCCNCl. The Morgan fingerprint density at radius 3 is 2.62 bits per heavy atom. The number of hydrogen-bond acceptors (Lipinski definition) is 2. The minimum atomic E-state index is 0.306. The number of hydrogen-bond donors (Lipinski definition) is 1. The summed E-state index contributed by atoms with van der Waals surface area (Å²) in [4.78, 5) is 2.47. The Bertz CT molecular complexity index is 49.7. The molecule has 0 aromatic carbocycles. The summed E-state index contributed by atoms with van der Waals surface area (Å²) in [6, 6.07) is 0. The molecule has 2 nitrogen and oxygen atoms in total. The van der Waals surface area contributed by atoms with Gasteiger partial charge in [-0.3, -0.25) is 0 Å². The Morgan fingerprint density at radius 2 is 2.25 bits per heavy atom. The maximum Gasteiger partial charge on any atom is 0.0607 e. The van der Waals surface area contributed by atoms with Gasteiger partial charge in [-0.1, -0.05) is 0 Å². The second kappa shape index (κ2) is 5.35. The van der Waals surface area contributed by atoms with Crippen molar-refractivity contribution in [3.8, 4) is 0 Å². The Labute approximate surface area is 55.3 Å². The fourth-order valence-corrected chi connectivity index (χ4v) is 0.410. The maximum atomic E-state index is 5.15. The molecule has 0 spiro atoms. The molecule has 0 aromatic heterocycles. The smallest absolute Gasteiger partial charge is 0.0607 e. The maximum absolute atomic E-state index is 5.15. The van der Waals surface area contributed by atoms with Crippen LogP contribution in [0.15, 0.2) is 0 Å². The Balaban J connectivity index is 2.72. The van der Waals surface area contributed by atoms with Crippen LogP contribution in [0.25, 0.3) is 0 Å². The average Bonchev–Trinajstić information content (AvgIpc) is 1.66. The first-order valence-electron chi connectivity index (χ1n) is 2.72. The standard InChI is InChI=1S/C5H12ClNO/c1-5(2)8-4-3-7-6/h5,7H,3-4H2,1-2H3. The molecule has 0 heterocycles. The van der Waals surface area contributed by atoms with Crippen LogP contribution in [0, 0.1) is 0 Å². The summed E-state index contributed by atoms with van der Waals surface area (Å²) in [6.07, 6.45) is 0.306. The van der Waals surface area contributed by atoms with Gasteiger partial charge in [0.05, 0.1) is 12.7 Å². The van der Waals surface area contributed by atoms with Crippen molar-refractivity contribution in [2.75, 3.05) is 13.2 Å². The van der Waals surface area contributed by atoms with Crippen LogP contribution in [-0.2, 0) is 4.74 Å². The molecule has 0 bridgehead atoms. The van der Waals surface area contributed by atoms with Crippen molar-refractivity contribution in [1.29, 1.82) is 0 Å². The zero-order valence-corrected chi connectivity index (χ0v) is 6.03. The topological polar surface area (TPSA) is 21.3 Å². The van der Waals surface area contributed by atoms with Crippen molar-refractivity contribution >= 4 is 11.8 Å². The number of nitrogens with one attached hydrogen (secondary N) is 1. The lowest BCUT2D eigenvalue weighted by molar-refractivity contribution is 0.0835. The van der Waals surface area contributed by atoms with Crippen LogP contribution in [0.5, 0.6) is 0 Å². The first kappa shape index (κ1) is 8.21. The summed E-state index contributed by atoms with van der Waals surface area (Å²) < 4.78 is 5.14. The van der Waals surface area contributed by atoms with Gasteiger partial charge >= 0.3 is 0 Å². The molecule has 0 amide bonds. The van der Waals surface area contributed by atoms with Gasteiger partial charge in [-0.05, 0) is 25.6 Å². The molecule has 50 valence electrons. The number of rotatable bonds is 4. The molecule has 0 saturated carbocycles. The van der Waals surface area contributed by atoms with Crippen molar-refractivity contribution in [3.05, 3.63) is 0 Å². The van der Waals surface area contributed by atoms with Crippen molar-refractivity contribution in [2.24, 2.45) is 0 Å². The van der Waals surface area contributed by atoms with Crippen molar-refractivity contribution in [1.82, 2.24) is 4.84 Å². The lowest BCUT2D eigenvalue weighted by Crippen LogP contribution is -2.13. The predicted molar refractivity (Wildman–Crippen MR) is 34.9 cm³/mol. The van der Waals surface area contributed by atoms with Gasteiger partial charge in [0.25, 0.3) is 0 Å². The van der Waals surface area contributed by atoms with E-state index < -0.39 is 0 Å². The summed E-state index contributed by atoms with van der Waals surface area (Å²) in [6.45, 7) is 5.38. The van der Waals surface area contributed by atoms with Crippen LogP contribution in [0.2, 0.25) is 0 Å². The van der Waals surface area contributed by atoms with Gasteiger partial charge in [-0.2, -0.15) is 0 Å². The molecule has 0 unspecified atom stereocenters. The normalized spacial score (nSPS) is 10.5. The molecule has 0 rings (SSSR count). The van der Waals surface area contributed by atoms with Gasteiger partial charge < -0.3 is 4.74 Å². The first-order valence-corrected chi connectivity index (χ1v) is 3.10. The summed E-state index contributed by atoms with van der Waals surface area (Å²) in [5.41, 5.74) is 0. The minimum Gasteiger partial charge on any atom is -0.377 e. The Kier molecular flexibility index (Phi) is 5.49. The molecule has 3 heteroatoms. The van der Waals surface area contributed by atoms with E-state index in [0.29, 0.717) is 19.3 Å². The second-order valence-corrected chi connectivity index (χ2v) is 2.07. The van der Waals surface area contributed by atoms with Gasteiger partial charge in [-0.15, -0.1) is 0 Å². The lowest BCUT2D eigenvalue weighted by atomic mass is 10.5. The van der Waals surface area contributed by atoms with Gasteiger partial charge in [-0.25, -0.2) is 4.84 Å². The molecule has 1 N–H and O–H groups in total. The molecule has 0 fully saturated rings. The number of halogens is 1. The zero-order valence-electron chi connectivity index (χ0n) is 5.28. The van der Waals surface area contributed by atoms with E-state index in [1.807, 2.05) is 13.8 Å². The fraction of sp³-hybridized carbons (Fsp3) is 1.00. The van der Waals surface area contributed by atoms with Gasteiger partial charge in [0.1, 0.15) is 0 Å². The summed E-state index contributed by atoms with van der Waals surface area (Å²) in [7, 11) is 0. The molecule has 0 aliphatic rings. The highest BCUT2D eigenvalue weighted by atomic mass is 35.5. The third-order valence-electron chi connectivity index (χ3n) is 0.648. The second-order valence-electron chi connectivity index (χ2n) is 1.80. The van der Waals surface area contributed by atoms with Gasteiger partial charge in [0, 0.05) is 6.54 Å². The van der Waals surface area contributed by atoms with E-state index in [2.05, 4.69) is 4.84 Å². The lowest BCUT2D eigenvalue weighted by Gasteiger charge is -2.04. The van der Waals surface area contributed by atoms with Crippen LogP contribution < -0.4 is 4.84 Å². The number of ether oxygens (including phenoxy) is 1. The third-order valence-corrected chi connectivity index (χ3v) is 0.837. The summed E-state index contributed by atoms with van der Waals surface area (Å²) in [5, 5.41) is 0. The quantitative estimate of drug-likeness (QED) is 0.464. The molecule has 0 atom stereocenters. The van der Waals surface area contributed by atoms with Crippen LogP contribution in [0.4, 0.5) is 0 Å². The van der Waals surface area contributed by atoms with E-state index in [1.54, 1.807) is 0 Å². The third kappa shape index (κ3) is 6.21. The van der Waals surface area contributed by atoms with E-state index in [1.165, 1.54) is 0 Å². The molecule has 0 aliphatic heterocycles. The highest BCUT2D eigenvalue weighted by Crippen LogP contribution is 1.84. The van der Waals surface area contributed by atoms with Gasteiger partial charge in [0.2, 0.25) is 0 Å². The molecule has 0 aromatic rings. The van der Waals surface area contributed by atoms with Crippen LogP contribution in [0.3, 0.4) is 0 Å². The minimum absolute atomic E-state index is 0.306. The highest BCUT2D eigenvalue weighted by molar-refractivity contribution is 6.13. The molecule has 0 radical (unpaired) electrons. The monoisotopic (exact) mass is 137 g/mol. The first-order chi connectivity index (χ1) is 3.77. The van der Waals surface area contributed by atoms with E-state index in [9.17, 15) is 0 Å². The van der Waals surface area contributed by atoms with Crippen LogP contribution in [-0.4, -0.2) is 19.3 Å². The van der Waals surface area contributed by atoms with E-state index in [0.717, 1.165) is 0 Å². The zero-order chi connectivity index (χ0) is 6.41. The Hall–Kier alpha value is 0.210. The Morgan fingerprint density at radius 1 is 1.62 bits per heavy atom. The van der Waals surface area contributed by atoms with Gasteiger partial charge in [0.15, 0.2) is 0 Å². The molecular formula is C5H12ClNO. The largest absolute Gasteiger partial charge is 0.377 e.